The number of hydrogen-bond donors (Lipinski definition) is 1. The highest BCUT2D eigenvalue weighted by Crippen LogP contribution is 2.38. The molecular weight excluding hydrogens is 406 g/mol. The second-order valence-corrected chi connectivity index (χ2v) is 11.2. The van der Waals surface area contributed by atoms with Crippen molar-refractivity contribution in [1.82, 2.24) is 19.2 Å². The molecule has 156 valence electrons. The highest BCUT2D eigenvalue weighted by Gasteiger charge is 2.24. The molecule has 4 rings (SSSR count). The summed E-state index contributed by atoms with van der Waals surface area (Å²) in [6, 6.07) is 6.29. The second kappa shape index (κ2) is 7.79. The highest BCUT2D eigenvalue weighted by molar-refractivity contribution is 7.89. The molecule has 2 aromatic heterocycles. The Hall–Kier alpha value is -1.81. The van der Waals surface area contributed by atoms with Crippen LogP contribution in [0.15, 0.2) is 29.4 Å². The van der Waals surface area contributed by atoms with Gasteiger partial charge in [-0.25, -0.2) is 22.7 Å². The Balaban J connectivity index is 1.72. The van der Waals surface area contributed by atoms with Crippen LogP contribution in [0.1, 0.15) is 25.7 Å². The van der Waals surface area contributed by atoms with Gasteiger partial charge in [0.25, 0.3) is 0 Å². The molecule has 0 aliphatic heterocycles. The summed E-state index contributed by atoms with van der Waals surface area (Å²) in [4.78, 5) is 12.4. The molecule has 1 aromatic carbocycles. The number of nitrogens with zero attached hydrogens (tertiary/aromatic N) is 4. The van der Waals surface area contributed by atoms with Gasteiger partial charge >= 0.3 is 0 Å². The molecule has 9 heteroatoms. The van der Waals surface area contributed by atoms with Crippen LogP contribution in [0.4, 0.5) is 5.82 Å². The molecule has 1 aliphatic carbocycles. The third-order valence-electron chi connectivity index (χ3n) is 5.79. The Morgan fingerprint density at radius 3 is 2.45 bits per heavy atom. The van der Waals surface area contributed by atoms with E-state index < -0.39 is 10.0 Å². The van der Waals surface area contributed by atoms with Gasteiger partial charge < -0.3 is 10.2 Å². The molecule has 0 amide bonds. The van der Waals surface area contributed by atoms with Crippen LogP contribution in [0.2, 0.25) is 0 Å². The first-order chi connectivity index (χ1) is 13.8. The minimum Gasteiger partial charge on any atom is -0.367 e. The van der Waals surface area contributed by atoms with Crippen LogP contribution in [-0.4, -0.2) is 67.9 Å². The second-order valence-electron chi connectivity index (χ2n) is 8.06. The van der Waals surface area contributed by atoms with E-state index in [2.05, 4.69) is 34.3 Å². The zero-order chi connectivity index (χ0) is 20.8. The summed E-state index contributed by atoms with van der Waals surface area (Å²) >= 11 is 1.56. The van der Waals surface area contributed by atoms with Crippen molar-refractivity contribution in [3.63, 3.8) is 0 Å². The van der Waals surface area contributed by atoms with Gasteiger partial charge in [-0.05, 0) is 58.0 Å². The molecule has 1 aliphatic rings. The summed E-state index contributed by atoms with van der Waals surface area (Å²) in [5.41, 5.74) is 0. The van der Waals surface area contributed by atoms with E-state index in [0.29, 0.717) is 12.1 Å². The fraction of sp³-hybridized carbons (Fsp3) is 0.500. The van der Waals surface area contributed by atoms with Crippen molar-refractivity contribution >= 4 is 47.5 Å². The SMILES string of the molecule is CN(C)S(=O)(=O)c1ccc2sc3ncnc(N[C@H]4CC[C@H](N(C)C)CC4)c3c2c1. The van der Waals surface area contributed by atoms with Gasteiger partial charge in [-0.2, -0.15) is 0 Å². The first-order valence-electron chi connectivity index (χ1n) is 9.80. The van der Waals surface area contributed by atoms with Crippen molar-refractivity contribution in [3.8, 4) is 0 Å². The fourth-order valence-electron chi connectivity index (χ4n) is 4.00. The van der Waals surface area contributed by atoms with Gasteiger partial charge in [-0.3, -0.25) is 0 Å². The molecule has 3 aromatic rings. The molecule has 1 N–H and O–H groups in total. The number of fused-ring (bicyclic) bond motifs is 3. The van der Waals surface area contributed by atoms with E-state index in [0.717, 1.165) is 51.8 Å². The number of nitrogens with one attached hydrogen (secondary N) is 1. The van der Waals surface area contributed by atoms with Crippen molar-refractivity contribution in [1.29, 1.82) is 0 Å². The first-order valence-corrected chi connectivity index (χ1v) is 12.1. The maximum absolute atomic E-state index is 12.6. The smallest absolute Gasteiger partial charge is 0.242 e. The van der Waals surface area contributed by atoms with E-state index >= 15 is 0 Å². The predicted molar refractivity (Wildman–Crippen MR) is 119 cm³/mol. The molecule has 0 saturated heterocycles. The van der Waals surface area contributed by atoms with E-state index in [1.54, 1.807) is 43.9 Å². The number of thiophene rings is 1. The third-order valence-corrected chi connectivity index (χ3v) is 8.68. The van der Waals surface area contributed by atoms with E-state index in [9.17, 15) is 8.42 Å². The summed E-state index contributed by atoms with van der Waals surface area (Å²) in [6.07, 6.45) is 6.10. The molecule has 2 heterocycles. The van der Waals surface area contributed by atoms with Crippen LogP contribution in [-0.2, 0) is 10.0 Å². The van der Waals surface area contributed by atoms with Crippen LogP contribution in [0.5, 0.6) is 0 Å². The molecule has 0 spiro atoms. The Labute approximate surface area is 175 Å². The molecular formula is C20H27N5O2S2. The Kier molecular flexibility index (Phi) is 5.50. The van der Waals surface area contributed by atoms with Crippen molar-refractivity contribution in [2.75, 3.05) is 33.5 Å². The van der Waals surface area contributed by atoms with Gasteiger partial charge in [-0.1, -0.05) is 0 Å². The van der Waals surface area contributed by atoms with Gasteiger partial charge in [-0.15, -0.1) is 11.3 Å². The van der Waals surface area contributed by atoms with Gasteiger partial charge in [0.2, 0.25) is 10.0 Å². The molecule has 1 saturated carbocycles. The number of rotatable bonds is 5. The number of benzene rings is 1. The van der Waals surface area contributed by atoms with Crippen molar-refractivity contribution in [3.05, 3.63) is 24.5 Å². The van der Waals surface area contributed by atoms with Crippen molar-refractivity contribution < 1.29 is 8.42 Å². The minimum absolute atomic E-state index is 0.288. The summed E-state index contributed by atoms with van der Waals surface area (Å²) in [7, 11) is 3.88. The summed E-state index contributed by atoms with van der Waals surface area (Å²) < 4.78 is 27.4. The average Bonchev–Trinajstić information content (AvgIpc) is 3.07. The third kappa shape index (κ3) is 3.84. The highest BCUT2D eigenvalue weighted by atomic mass is 32.2. The van der Waals surface area contributed by atoms with Crippen LogP contribution < -0.4 is 5.32 Å². The maximum atomic E-state index is 12.6. The zero-order valence-corrected chi connectivity index (χ0v) is 18.8. The lowest BCUT2D eigenvalue weighted by atomic mass is 9.90. The van der Waals surface area contributed by atoms with E-state index in [-0.39, 0.29) is 4.90 Å². The molecule has 0 radical (unpaired) electrons. The van der Waals surface area contributed by atoms with E-state index in [4.69, 9.17) is 0 Å². The van der Waals surface area contributed by atoms with Gasteiger partial charge in [0.05, 0.1) is 10.3 Å². The molecule has 0 unspecified atom stereocenters. The minimum atomic E-state index is -3.50. The van der Waals surface area contributed by atoms with Gasteiger partial charge in [0.1, 0.15) is 17.0 Å². The summed E-state index contributed by atoms with van der Waals surface area (Å²) in [5, 5.41) is 5.42. The van der Waals surface area contributed by atoms with Crippen LogP contribution in [0.25, 0.3) is 20.3 Å². The lowest BCUT2D eigenvalue weighted by Crippen LogP contribution is -2.36. The van der Waals surface area contributed by atoms with Crippen molar-refractivity contribution in [2.24, 2.45) is 0 Å². The molecule has 7 nitrogen and oxygen atoms in total. The predicted octanol–water partition coefficient (Wildman–Crippen LogP) is 3.38. The zero-order valence-electron chi connectivity index (χ0n) is 17.2. The quantitative estimate of drug-likeness (QED) is 0.665. The lowest BCUT2D eigenvalue weighted by molar-refractivity contribution is 0.221. The van der Waals surface area contributed by atoms with Gasteiger partial charge in [0.15, 0.2) is 0 Å². The van der Waals surface area contributed by atoms with E-state index in [1.807, 2.05) is 6.07 Å². The molecule has 0 atom stereocenters. The maximum Gasteiger partial charge on any atom is 0.242 e. The topological polar surface area (TPSA) is 78.4 Å². The lowest BCUT2D eigenvalue weighted by Gasteiger charge is -2.33. The van der Waals surface area contributed by atoms with Gasteiger partial charge in [0, 0.05) is 36.3 Å². The first kappa shape index (κ1) is 20.5. The van der Waals surface area contributed by atoms with Crippen LogP contribution >= 0.6 is 11.3 Å². The number of sulfonamides is 1. The summed E-state index contributed by atoms with van der Waals surface area (Å²) in [5.74, 6) is 0.800. The molecule has 1 fully saturated rings. The monoisotopic (exact) mass is 433 g/mol. The number of aromatic nitrogens is 2. The average molecular weight is 434 g/mol. The fourth-order valence-corrected chi connectivity index (χ4v) is 5.95. The number of anilines is 1. The Bertz CT molecular complexity index is 1130. The Morgan fingerprint density at radius 1 is 1.07 bits per heavy atom. The standard InChI is InChI=1S/C20H27N5O2S2/c1-24(2)14-7-5-13(6-8-14)23-19-18-16-11-15(29(26,27)25(3)4)9-10-17(16)28-20(18)22-12-21-19/h9-14H,5-8H2,1-4H3,(H,21,22,23)/t13-,14-. The van der Waals surface area contributed by atoms with E-state index in [1.165, 1.54) is 4.31 Å². The van der Waals surface area contributed by atoms with Crippen LogP contribution in [0.3, 0.4) is 0 Å². The molecule has 29 heavy (non-hydrogen) atoms. The number of hydrogen-bond acceptors (Lipinski definition) is 7. The Morgan fingerprint density at radius 2 is 1.79 bits per heavy atom. The molecule has 0 bridgehead atoms. The largest absolute Gasteiger partial charge is 0.367 e. The normalized spacial score (nSPS) is 20.8. The van der Waals surface area contributed by atoms with Crippen LogP contribution in [0, 0.1) is 0 Å². The summed E-state index contributed by atoms with van der Waals surface area (Å²) in [6.45, 7) is 0. The van der Waals surface area contributed by atoms with Crippen molar-refractivity contribution in [2.45, 2.75) is 42.7 Å².